The van der Waals surface area contributed by atoms with Crippen LogP contribution in [0, 0.1) is 0 Å². The molecule has 0 bridgehead atoms. The lowest BCUT2D eigenvalue weighted by molar-refractivity contribution is 1.17. The highest BCUT2D eigenvalue weighted by Gasteiger charge is 2.21. The van der Waals surface area contributed by atoms with Gasteiger partial charge in [-0.1, -0.05) is 146 Å². The first-order valence-corrected chi connectivity index (χ1v) is 22.1. The summed E-state index contributed by atoms with van der Waals surface area (Å²) in [5, 5.41) is 7.38. The van der Waals surface area contributed by atoms with Crippen LogP contribution < -0.4 is 0 Å². The van der Waals surface area contributed by atoms with Gasteiger partial charge in [0.15, 0.2) is 5.82 Å². The second-order valence-electron chi connectivity index (χ2n) is 16.2. The molecule has 0 N–H and O–H groups in total. The third-order valence-corrected chi connectivity index (χ3v) is 13.7. The summed E-state index contributed by atoms with van der Waals surface area (Å²) >= 11 is 1.83. The van der Waals surface area contributed by atoms with E-state index in [0.29, 0.717) is 5.82 Å². The van der Waals surface area contributed by atoms with Crippen LogP contribution in [0.1, 0.15) is 0 Å². The Kier molecular flexibility index (Phi) is 8.05. The third-order valence-electron chi connectivity index (χ3n) is 12.5. The van der Waals surface area contributed by atoms with Crippen molar-refractivity contribution >= 4 is 75.1 Å². The van der Waals surface area contributed by atoms with Gasteiger partial charge in [0.05, 0.1) is 33.5 Å². The summed E-state index contributed by atoms with van der Waals surface area (Å²) in [6, 6.07) is 78.5. The van der Waals surface area contributed by atoms with E-state index in [1.165, 1.54) is 63.9 Å². The average Bonchev–Trinajstić information content (AvgIpc) is 4.02. The molecule has 63 heavy (non-hydrogen) atoms. The fourth-order valence-corrected chi connectivity index (χ4v) is 10.8. The summed E-state index contributed by atoms with van der Waals surface area (Å²) in [5.74, 6) is 0.707. The van der Waals surface area contributed by atoms with Crippen LogP contribution in [-0.4, -0.2) is 19.1 Å². The number of para-hydroxylation sites is 3. The number of hydrogen-bond acceptors (Lipinski definition) is 3. The Morgan fingerprint density at radius 2 is 0.825 bits per heavy atom. The summed E-state index contributed by atoms with van der Waals surface area (Å²) in [6.45, 7) is 0. The first kappa shape index (κ1) is 35.6. The Balaban J connectivity index is 1.03. The van der Waals surface area contributed by atoms with E-state index < -0.39 is 0 Å². The van der Waals surface area contributed by atoms with Crippen LogP contribution in [0.5, 0.6) is 0 Å². The van der Waals surface area contributed by atoms with Crippen molar-refractivity contribution in [3.05, 3.63) is 218 Å². The molecule has 4 nitrogen and oxygen atoms in total. The Bertz CT molecular complexity index is 3840. The number of nitrogens with zero attached hydrogens (tertiary/aromatic N) is 4. The van der Waals surface area contributed by atoms with Gasteiger partial charge in [0.2, 0.25) is 0 Å². The normalized spacial score (nSPS) is 11.8. The zero-order valence-corrected chi connectivity index (χ0v) is 34.8. The first-order valence-electron chi connectivity index (χ1n) is 21.3. The molecule has 0 aliphatic rings. The molecule has 0 aliphatic heterocycles. The Morgan fingerprint density at radius 3 is 1.48 bits per heavy atom. The van der Waals surface area contributed by atoms with Crippen LogP contribution in [0.2, 0.25) is 0 Å². The van der Waals surface area contributed by atoms with Gasteiger partial charge in [-0.3, -0.25) is 0 Å². The third kappa shape index (κ3) is 5.74. The summed E-state index contributed by atoms with van der Waals surface area (Å²) in [5.41, 5.74) is 14.3. The molecule has 0 unspecified atom stereocenters. The zero-order chi connectivity index (χ0) is 41.4. The predicted octanol–water partition coefficient (Wildman–Crippen LogP) is 15.7. The monoisotopic (exact) mass is 820 g/mol. The topological polar surface area (TPSA) is 35.6 Å². The Labute approximate surface area is 367 Å². The van der Waals surface area contributed by atoms with Crippen molar-refractivity contribution in [1.29, 1.82) is 0 Å². The molecule has 5 heteroatoms. The molecule has 4 heterocycles. The highest BCUT2D eigenvalue weighted by molar-refractivity contribution is 7.26. The van der Waals surface area contributed by atoms with Crippen molar-refractivity contribution in [3.63, 3.8) is 0 Å². The van der Waals surface area contributed by atoms with E-state index in [0.717, 1.165) is 50.5 Å². The van der Waals surface area contributed by atoms with Crippen molar-refractivity contribution in [2.75, 3.05) is 0 Å². The van der Waals surface area contributed by atoms with Crippen LogP contribution in [0.4, 0.5) is 0 Å². The quantitative estimate of drug-likeness (QED) is 0.167. The Morgan fingerprint density at radius 1 is 0.317 bits per heavy atom. The lowest BCUT2D eigenvalue weighted by atomic mass is 10.0. The van der Waals surface area contributed by atoms with Gasteiger partial charge in [0, 0.05) is 69.8 Å². The summed E-state index contributed by atoms with van der Waals surface area (Å²) in [6.07, 6.45) is 0. The second-order valence-corrected chi connectivity index (χ2v) is 17.2. The molecule has 0 aliphatic carbocycles. The maximum absolute atomic E-state index is 5.36. The minimum absolute atomic E-state index is 0.707. The van der Waals surface area contributed by atoms with E-state index >= 15 is 0 Å². The van der Waals surface area contributed by atoms with Crippen LogP contribution >= 0.6 is 11.3 Å². The zero-order valence-electron chi connectivity index (χ0n) is 34.0. The predicted molar refractivity (Wildman–Crippen MR) is 265 cm³/mol. The highest BCUT2D eigenvalue weighted by atomic mass is 32.1. The lowest BCUT2D eigenvalue weighted by Gasteiger charge is -2.14. The van der Waals surface area contributed by atoms with Crippen LogP contribution in [-0.2, 0) is 0 Å². The van der Waals surface area contributed by atoms with E-state index in [2.05, 4.69) is 215 Å². The van der Waals surface area contributed by atoms with E-state index in [1.54, 1.807) is 0 Å². The molecule has 0 saturated carbocycles. The maximum Gasteiger partial charge on any atom is 0.160 e. The molecular weight excluding hydrogens is 785 g/mol. The minimum Gasteiger partial charge on any atom is -0.309 e. The molecule has 13 aromatic rings. The SMILES string of the molecule is c1ccc(-c2cc(-c3cc(-n4c5ccccc5c5cc(-c6ccc7c(c6)c6ccccc6n7-c6ccccc6)ccc54)cc4c3sc3ccccc34)nc(-c3ccccc3)n2)cc1. The van der Waals surface area contributed by atoms with Crippen molar-refractivity contribution in [2.24, 2.45) is 0 Å². The van der Waals surface area contributed by atoms with Crippen molar-refractivity contribution < 1.29 is 0 Å². The molecule has 0 saturated heterocycles. The number of aromatic nitrogens is 4. The maximum atomic E-state index is 5.36. The molecular formula is C58H36N4S. The number of benzene rings is 9. The molecule has 0 spiro atoms. The fraction of sp³-hybridized carbons (Fsp3) is 0. The molecule has 13 rings (SSSR count). The first-order chi connectivity index (χ1) is 31.2. The second kappa shape index (κ2) is 14.2. The van der Waals surface area contributed by atoms with Gasteiger partial charge in [0.25, 0.3) is 0 Å². The molecule has 0 amide bonds. The lowest BCUT2D eigenvalue weighted by Crippen LogP contribution is -1.98. The molecule has 0 atom stereocenters. The van der Waals surface area contributed by atoms with Crippen LogP contribution in [0.3, 0.4) is 0 Å². The van der Waals surface area contributed by atoms with Gasteiger partial charge in [-0.05, 0) is 83.9 Å². The molecule has 294 valence electrons. The van der Waals surface area contributed by atoms with Gasteiger partial charge in [-0.2, -0.15) is 0 Å². The molecule has 9 aromatic carbocycles. The van der Waals surface area contributed by atoms with Crippen LogP contribution in [0.25, 0.3) is 120 Å². The van der Waals surface area contributed by atoms with Crippen molar-refractivity contribution in [2.45, 2.75) is 0 Å². The van der Waals surface area contributed by atoms with Crippen molar-refractivity contribution in [1.82, 2.24) is 19.1 Å². The van der Waals surface area contributed by atoms with Crippen LogP contribution in [0.15, 0.2) is 218 Å². The van der Waals surface area contributed by atoms with E-state index in [4.69, 9.17) is 9.97 Å². The van der Waals surface area contributed by atoms with E-state index in [1.807, 2.05) is 23.5 Å². The average molecular weight is 821 g/mol. The number of rotatable bonds is 6. The van der Waals surface area contributed by atoms with Gasteiger partial charge in [0.1, 0.15) is 0 Å². The fourth-order valence-electron chi connectivity index (χ4n) is 9.63. The van der Waals surface area contributed by atoms with Gasteiger partial charge in [-0.25, -0.2) is 9.97 Å². The van der Waals surface area contributed by atoms with E-state index in [-0.39, 0.29) is 0 Å². The highest BCUT2D eigenvalue weighted by Crippen LogP contribution is 2.44. The molecule has 0 radical (unpaired) electrons. The van der Waals surface area contributed by atoms with Gasteiger partial charge < -0.3 is 9.13 Å². The van der Waals surface area contributed by atoms with Crippen molar-refractivity contribution in [3.8, 4) is 56.4 Å². The largest absolute Gasteiger partial charge is 0.309 e. The Hall–Kier alpha value is -8.12. The van der Waals surface area contributed by atoms with Gasteiger partial charge >= 0.3 is 0 Å². The molecule has 4 aromatic heterocycles. The standard InChI is InChI=1S/C58H36N4S/c1-4-16-37(17-5-1)50-36-51(60-58(59-50)38-18-6-2-7-19-38)49-35-42(34-48-45-24-12-15-27-56(45)63-57(48)49)62-53-26-14-11-23-44(53)47-33-40(29-31-55(47)62)39-28-30-54-46(32-39)43-22-10-13-25-52(43)61(54)41-20-8-3-9-21-41/h1-36H. The minimum atomic E-state index is 0.707. The number of thiophene rings is 1. The number of fused-ring (bicyclic) bond motifs is 9. The number of hydrogen-bond donors (Lipinski definition) is 0. The summed E-state index contributed by atoms with van der Waals surface area (Å²) < 4.78 is 7.28. The summed E-state index contributed by atoms with van der Waals surface area (Å²) in [4.78, 5) is 10.5. The summed E-state index contributed by atoms with van der Waals surface area (Å²) in [7, 11) is 0. The molecule has 0 fully saturated rings. The van der Waals surface area contributed by atoms with Gasteiger partial charge in [-0.15, -0.1) is 11.3 Å². The smallest absolute Gasteiger partial charge is 0.160 e. The van der Waals surface area contributed by atoms with E-state index in [9.17, 15) is 0 Å².